The first-order valence-corrected chi connectivity index (χ1v) is 13.8. The van der Waals surface area contributed by atoms with Crippen LogP contribution in [0.3, 0.4) is 0 Å². The van der Waals surface area contributed by atoms with Crippen molar-refractivity contribution in [2.75, 3.05) is 19.3 Å². The lowest BCUT2D eigenvalue weighted by atomic mass is 10.0. The molecule has 35 heavy (non-hydrogen) atoms. The van der Waals surface area contributed by atoms with Gasteiger partial charge in [-0.25, -0.2) is 0 Å². The number of likely N-dealkylation sites (tertiary alicyclic amines) is 1. The molecule has 0 aromatic heterocycles. The van der Waals surface area contributed by atoms with Crippen LogP contribution in [0.15, 0.2) is 30.3 Å². The molecule has 10 nitrogen and oxygen atoms in total. The quantitative estimate of drug-likeness (QED) is 0.285. The lowest BCUT2D eigenvalue weighted by Gasteiger charge is -2.25. The van der Waals surface area contributed by atoms with Crippen molar-refractivity contribution in [3.63, 3.8) is 0 Å². The number of nitrogens with one attached hydrogen (secondary N) is 1. The molecule has 4 N–H and O–H groups in total. The first-order valence-electron chi connectivity index (χ1n) is 11.9. The van der Waals surface area contributed by atoms with Gasteiger partial charge in [0.1, 0.15) is 11.8 Å². The third-order valence-corrected chi connectivity index (χ3v) is 8.39. The van der Waals surface area contributed by atoms with E-state index in [1.165, 1.54) is 11.8 Å². The molecule has 0 spiro atoms. The second-order valence-corrected chi connectivity index (χ2v) is 11.4. The van der Waals surface area contributed by atoms with Crippen LogP contribution < -0.4 is 11.1 Å². The molecule has 11 heteroatoms. The Kier molecular flexibility index (Phi) is 10.9. The molecule has 3 unspecified atom stereocenters. The van der Waals surface area contributed by atoms with Crippen LogP contribution >= 0.6 is 7.37 Å². The highest BCUT2D eigenvalue weighted by molar-refractivity contribution is 7.58. The van der Waals surface area contributed by atoms with Gasteiger partial charge in [-0.1, -0.05) is 30.3 Å². The lowest BCUT2D eigenvalue weighted by Crippen LogP contribution is -2.46. The summed E-state index contributed by atoms with van der Waals surface area (Å²) in [4.78, 5) is 49.5. The number of hydrogen-bond acceptors (Lipinski definition) is 7. The lowest BCUT2D eigenvalue weighted by molar-refractivity contribution is -0.147. The van der Waals surface area contributed by atoms with Crippen LogP contribution in [0.25, 0.3) is 0 Å². The largest absolute Gasteiger partial charge is 0.466 e. The number of amides is 2. The van der Waals surface area contributed by atoms with E-state index in [4.69, 9.17) is 15.7 Å². The molecule has 1 aliphatic heterocycles. The van der Waals surface area contributed by atoms with Gasteiger partial charge in [0.25, 0.3) is 0 Å². The van der Waals surface area contributed by atoms with Crippen LogP contribution in [0.2, 0.25) is 0 Å². The molecule has 5 atom stereocenters. The van der Waals surface area contributed by atoms with Crippen molar-refractivity contribution in [3.8, 4) is 6.07 Å². The molecule has 1 aromatic carbocycles. The van der Waals surface area contributed by atoms with Crippen LogP contribution in [0.5, 0.6) is 0 Å². The number of benzene rings is 1. The van der Waals surface area contributed by atoms with E-state index in [2.05, 4.69) is 11.4 Å². The van der Waals surface area contributed by atoms with E-state index in [9.17, 15) is 23.8 Å². The number of rotatable bonds is 12. The fourth-order valence-electron chi connectivity index (χ4n) is 4.05. The van der Waals surface area contributed by atoms with E-state index in [-0.39, 0.29) is 37.9 Å². The highest BCUT2D eigenvalue weighted by Crippen LogP contribution is 2.47. The number of nitriles is 1. The SMILES string of the molecule is CCOC(=O)C(Cc1ccccc1)CP(=O)(O)C(C)NC(=O)CC[C@H](N)C(=O)N1CCC[C@H]1C#N. The Morgan fingerprint density at radius 3 is 2.66 bits per heavy atom. The molecule has 2 rings (SSSR count). The van der Waals surface area contributed by atoms with Crippen molar-refractivity contribution in [2.45, 2.75) is 63.8 Å². The summed E-state index contributed by atoms with van der Waals surface area (Å²) in [6.07, 6.45) is 1.16. The summed E-state index contributed by atoms with van der Waals surface area (Å²) < 4.78 is 18.2. The number of ether oxygens (including phenoxy) is 1. The van der Waals surface area contributed by atoms with E-state index < -0.39 is 43.0 Å². The Morgan fingerprint density at radius 1 is 1.34 bits per heavy atom. The fraction of sp³-hybridized carbons (Fsp3) is 0.583. The Bertz CT molecular complexity index is 967. The van der Waals surface area contributed by atoms with Crippen molar-refractivity contribution in [2.24, 2.45) is 11.7 Å². The summed E-state index contributed by atoms with van der Waals surface area (Å²) in [5.41, 5.74) is 6.77. The molecular formula is C24H35N4O6P. The standard InChI is InChI=1S/C24H35N4O6P/c1-3-34-24(31)19(14-18-8-5-4-6-9-18)16-35(32,33)17(2)27-22(29)12-11-21(26)23(30)28-13-7-10-20(28)15-25/h4-6,8-9,17,19-21H,3,7,10-14,16,26H2,1-2H3,(H,27,29)(H,32,33)/t17?,19?,20-,21-/m0/s1. The summed E-state index contributed by atoms with van der Waals surface area (Å²) >= 11 is 0. The molecule has 1 aliphatic rings. The van der Waals surface area contributed by atoms with Gasteiger partial charge in [-0.3, -0.25) is 18.9 Å². The average molecular weight is 507 g/mol. The van der Waals surface area contributed by atoms with E-state index in [1.54, 1.807) is 6.92 Å². The zero-order valence-electron chi connectivity index (χ0n) is 20.3. The van der Waals surface area contributed by atoms with Gasteiger partial charge in [-0.05, 0) is 45.1 Å². The topological polar surface area (TPSA) is 163 Å². The van der Waals surface area contributed by atoms with Gasteiger partial charge in [-0.2, -0.15) is 5.26 Å². The van der Waals surface area contributed by atoms with E-state index in [1.807, 2.05) is 30.3 Å². The van der Waals surface area contributed by atoms with Gasteiger partial charge in [0.15, 0.2) is 0 Å². The number of nitrogens with two attached hydrogens (primary N) is 1. The maximum absolute atomic E-state index is 13.1. The van der Waals surface area contributed by atoms with Crippen molar-refractivity contribution in [1.82, 2.24) is 10.2 Å². The molecule has 1 aromatic rings. The van der Waals surface area contributed by atoms with E-state index in [0.29, 0.717) is 13.0 Å². The summed E-state index contributed by atoms with van der Waals surface area (Å²) in [5.74, 6) is -3.40. The molecule has 1 saturated heterocycles. The highest BCUT2D eigenvalue weighted by Gasteiger charge is 2.36. The first kappa shape index (κ1) is 28.5. The normalized spacial score (nSPS) is 19.6. The van der Waals surface area contributed by atoms with Gasteiger partial charge in [-0.15, -0.1) is 0 Å². The van der Waals surface area contributed by atoms with Crippen molar-refractivity contribution >= 4 is 25.2 Å². The average Bonchev–Trinajstić information content (AvgIpc) is 3.31. The molecule has 2 amide bonds. The molecular weight excluding hydrogens is 471 g/mol. The predicted octanol–water partition coefficient (Wildman–Crippen LogP) is 1.76. The predicted molar refractivity (Wildman–Crippen MR) is 130 cm³/mol. The highest BCUT2D eigenvalue weighted by atomic mass is 31.2. The van der Waals surface area contributed by atoms with Crippen molar-refractivity contribution in [1.29, 1.82) is 5.26 Å². The summed E-state index contributed by atoms with van der Waals surface area (Å²) in [6.45, 7) is 3.69. The van der Waals surface area contributed by atoms with Gasteiger partial charge < -0.3 is 25.6 Å². The summed E-state index contributed by atoms with van der Waals surface area (Å²) in [6, 6.07) is 9.77. The second kappa shape index (κ2) is 13.4. The molecule has 192 valence electrons. The molecule has 1 heterocycles. The molecule has 0 radical (unpaired) electrons. The monoisotopic (exact) mass is 506 g/mol. The molecule has 1 fully saturated rings. The molecule has 0 aliphatic carbocycles. The number of hydrogen-bond donors (Lipinski definition) is 3. The minimum Gasteiger partial charge on any atom is -0.466 e. The van der Waals surface area contributed by atoms with Gasteiger partial charge >= 0.3 is 5.97 Å². The van der Waals surface area contributed by atoms with Gasteiger partial charge in [0.2, 0.25) is 19.2 Å². The van der Waals surface area contributed by atoms with Crippen molar-refractivity contribution in [3.05, 3.63) is 35.9 Å². The van der Waals surface area contributed by atoms with E-state index >= 15 is 0 Å². The Morgan fingerprint density at radius 2 is 2.03 bits per heavy atom. The van der Waals surface area contributed by atoms with Crippen LogP contribution in [0.1, 0.15) is 45.1 Å². The number of nitrogens with zero attached hydrogens (tertiary/aromatic N) is 2. The number of carbonyl (C=O) groups is 3. The maximum Gasteiger partial charge on any atom is 0.309 e. The number of carbonyl (C=O) groups excluding carboxylic acids is 3. The molecule has 0 saturated carbocycles. The van der Waals surface area contributed by atoms with Crippen LogP contribution in [0.4, 0.5) is 0 Å². The van der Waals surface area contributed by atoms with Gasteiger partial charge in [0, 0.05) is 19.1 Å². The van der Waals surface area contributed by atoms with Crippen LogP contribution in [-0.2, 0) is 30.1 Å². The van der Waals surface area contributed by atoms with Crippen LogP contribution in [-0.4, -0.2) is 64.8 Å². The smallest absolute Gasteiger partial charge is 0.309 e. The maximum atomic E-state index is 13.1. The zero-order valence-corrected chi connectivity index (χ0v) is 21.2. The summed E-state index contributed by atoms with van der Waals surface area (Å²) in [7, 11) is -3.98. The summed E-state index contributed by atoms with van der Waals surface area (Å²) in [5, 5.41) is 11.6. The Balaban J connectivity index is 1.92. The first-order chi connectivity index (χ1) is 16.6. The minimum absolute atomic E-state index is 0.0429. The van der Waals surface area contributed by atoms with Crippen molar-refractivity contribution < 1.29 is 28.6 Å². The zero-order chi connectivity index (χ0) is 26.0. The minimum atomic E-state index is -3.98. The second-order valence-electron chi connectivity index (χ2n) is 8.78. The van der Waals surface area contributed by atoms with E-state index in [0.717, 1.165) is 12.0 Å². The fourth-order valence-corrected chi connectivity index (χ4v) is 5.62. The molecule has 0 bridgehead atoms. The van der Waals surface area contributed by atoms with Gasteiger partial charge in [0.05, 0.1) is 24.6 Å². The number of esters is 1. The third-order valence-electron chi connectivity index (χ3n) is 6.09. The Hall–Kier alpha value is -2.73. The van der Waals surface area contributed by atoms with Crippen LogP contribution in [0, 0.1) is 17.2 Å². The Labute approximate surface area is 206 Å². The third kappa shape index (κ3) is 8.46.